The molecule has 0 aliphatic heterocycles. The molecule has 0 spiro atoms. The van der Waals surface area contributed by atoms with Crippen LogP contribution < -0.4 is 5.73 Å². The van der Waals surface area contributed by atoms with E-state index >= 15 is 0 Å². The molecule has 0 aliphatic rings. The quantitative estimate of drug-likeness (QED) is 0.602. The maximum absolute atomic E-state index is 12.0. The van der Waals surface area contributed by atoms with Gasteiger partial charge in [-0.15, -0.1) is 0 Å². The molecular weight excluding hydrogens is 326 g/mol. The van der Waals surface area contributed by atoms with Crippen LogP contribution in [-0.4, -0.2) is 22.6 Å². The van der Waals surface area contributed by atoms with Gasteiger partial charge in [0.1, 0.15) is 0 Å². The molecule has 2 heterocycles. The van der Waals surface area contributed by atoms with E-state index in [-0.39, 0.29) is 0 Å². The van der Waals surface area contributed by atoms with Crippen LogP contribution in [0.2, 0.25) is 0 Å². The molecule has 0 fully saturated rings. The van der Waals surface area contributed by atoms with Crippen molar-refractivity contribution in [2.45, 2.75) is 13.2 Å². The Hall–Kier alpha value is -3.18. The Morgan fingerprint density at radius 1 is 1.12 bits per heavy atom. The maximum atomic E-state index is 12.0. The van der Waals surface area contributed by atoms with E-state index < -0.39 is 5.91 Å². The fourth-order valence-corrected chi connectivity index (χ4v) is 3.48. The number of aromatic nitrogens is 2. The summed E-state index contributed by atoms with van der Waals surface area (Å²) in [5.74, 6) is -0.423. The first-order valence-corrected chi connectivity index (χ1v) is 8.41. The molecule has 0 saturated heterocycles. The minimum Gasteiger partial charge on any atom is -0.380 e. The lowest BCUT2D eigenvalue weighted by molar-refractivity contribution is 0.100. The van der Waals surface area contributed by atoms with E-state index in [4.69, 9.17) is 10.5 Å². The van der Waals surface area contributed by atoms with Gasteiger partial charge in [0.15, 0.2) is 0 Å². The first-order valence-electron chi connectivity index (χ1n) is 8.41. The first kappa shape index (κ1) is 16.3. The fourth-order valence-electron chi connectivity index (χ4n) is 3.48. The van der Waals surface area contributed by atoms with Gasteiger partial charge in [-0.25, -0.2) is 0 Å². The van der Waals surface area contributed by atoms with E-state index in [2.05, 4.69) is 15.6 Å². The number of methoxy groups -OCH3 is 1. The molecule has 0 aliphatic carbocycles. The van der Waals surface area contributed by atoms with Crippen LogP contribution in [0.25, 0.3) is 21.8 Å². The third-order valence-electron chi connectivity index (χ3n) is 4.58. The number of benzene rings is 2. The summed E-state index contributed by atoms with van der Waals surface area (Å²) in [7, 11) is 1.68. The standard InChI is InChI=1S/C21H19N3O2/c1-26-13-14-8-9-16-19(11-14)24(12-15-5-2-3-10-23-15)18-7-4-6-17(20(16)18)21(22)25/h2-11H,12-13H2,1H3,(H2,22,25). The van der Waals surface area contributed by atoms with Crippen molar-refractivity contribution in [1.29, 1.82) is 0 Å². The molecule has 4 rings (SSSR count). The molecule has 0 atom stereocenters. The summed E-state index contributed by atoms with van der Waals surface area (Å²) in [6.45, 7) is 1.14. The van der Waals surface area contributed by atoms with Gasteiger partial charge in [0, 0.05) is 35.2 Å². The SMILES string of the molecule is COCc1ccc2c3c(C(N)=O)cccc3n(Cc3ccccn3)c2c1. The number of rotatable bonds is 5. The largest absolute Gasteiger partial charge is 0.380 e. The Labute approximate surface area is 151 Å². The highest BCUT2D eigenvalue weighted by molar-refractivity contribution is 6.17. The van der Waals surface area contributed by atoms with Crippen LogP contribution in [0.5, 0.6) is 0 Å². The van der Waals surface area contributed by atoms with E-state index in [1.165, 1.54) is 0 Å². The average Bonchev–Trinajstić information content (AvgIpc) is 2.96. The molecule has 0 saturated carbocycles. The molecule has 1 amide bonds. The lowest BCUT2D eigenvalue weighted by Crippen LogP contribution is -2.11. The Bertz CT molecular complexity index is 1100. The summed E-state index contributed by atoms with van der Waals surface area (Å²) in [6.07, 6.45) is 1.79. The maximum Gasteiger partial charge on any atom is 0.249 e. The third kappa shape index (κ3) is 2.72. The van der Waals surface area contributed by atoms with Crippen LogP contribution in [0.1, 0.15) is 21.6 Å². The van der Waals surface area contributed by atoms with Gasteiger partial charge >= 0.3 is 0 Å². The number of primary amides is 1. The Balaban J connectivity index is 2.03. The van der Waals surface area contributed by atoms with E-state index in [0.717, 1.165) is 33.1 Å². The van der Waals surface area contributed by atoms with Crippen LogP contribution in [-0.2, 0) is 17.9 Å². The summed E-state index contributed by atoms with van der Waals surface area (Å²) in [5, 5.41) is 1.89. The molecule has 26 heavy (non-hydrogen) atoms. The normalized spacial score (nSPS) is 11.3. The van der Waals surface area contributed by atoms with Gasteiger partial charge in [-0.1, -0.05) is 24.3 Å². The van der Waals surface area contributed by atoms with Gasteiger partial charge in [-0.05, 0) is 35.9 Å². The van der Waals surface area contributed by atoms with Crippen molar-refractivity contribution in [3.63, 3.8) is 0 Å². The van der Waals surface area contributed by atoms with Gasteiger partial charge in [0.25, 0.3) is 0 Å². The Kier molecular flexibility index (Phi) is 4.14. The van der Waals surface area contributed by atoms with Gasteiger partial charge in [0.2, 0.25) is 5.91 Å². The van der Waals surface area contributed by atoms with Crippen molar-refractivity contribution in [2.24, 2.45) is 5.73 Å². The lowest BCUT2D eigenvalue weighted by atomic mass is 10.0. The van der Waals surface area contributed by atoms with E-state index in [9.17, 15) is 4.79 Å². The molecule has 0 radical (unpaired) electrons. The highest BCUT2D eigenvalue weighted by atomic mass is 16.5. The second-order valence-corrected chi connectivity index (χ2v) is 6.26. The Morgan fingerprint density at radius 3 is 2.73 bits per heavy atom. The monoisotopic (exact) mass is 345 g/mol. The van der Waals surface area contributed by atoms with Gasteiger partial charge in [-0.3, -0.25) is 9.78 Å². The molecule has 0 unspecified atom stereocenters. The Morgan fingerprint density at radius 2 is 2.00 bits per heavy atom. The second kappa shape index (κ2) is 6.61. The summed E-state index contributed by atoms with van der Waals surface area (Å²) >= 11 is 0. The molecule has 2 aromatic carbocycles. The molecular formula is C21H19N3O2. The number of hydrogen-bond donors (Lipinski definition) is 1. The summed E-state index contributed by atoms with van der Waals surface area (Å²) in [6, 6.07) is 17.7. The number of carbonyl (C=O) groups is 1. The number of nitrogens with two attached hydrogens (primary N) is 1. The molecule has 130 valence electrons. The molecule has 2 N–H and O–H groups in total. The predicted molar refractivity (Wildman–Crippen MR) is 102 cm³/mol. The molecule has 5 heteroatoms. The number of ether oxygens (including phenoxy) is 1. The highest BCUT2D eigenvalue weighted by Gasteiger charge is 2.17. The highest BCUT2D eigenvalue weighted by Crippen LogP contribution is 2.33. The van der Waals surface area contributed by atoms with Crippen LogP contribution in [0, 0.1) is 0 Å². The molecule has 0 bridgehead atoms. The molecule has 2 aromatic heterocycles. The number of pyridine rings is 1. The van der Waals surface area contributed by atoms with Crippen molar-refractivity contribution in [2.75, 3.05) is 7.11 Å². The zero-order valence-corrected chi connectivity index (χ0v) is 14.5. The summed E-state index contributed by atoms with van der Waals surface area (Å²) in [5.41, 5.74) is 10.2. The van der Waals surface area contributed by atoms with Crippen molar-refractivity contribution in [3.8, 4) is 0 Å². The topological polar surface area (TPSA) is 70.1 Å². The smallest absolute Gasteiger partial charge is 0.249 e. The average molecular weight is 345 g/mol. The predicted octanol–water partition coefficient (Wildman–Crippen LogP) is 3.48. The van der Waals surface area contributed by atoms with E-state index in [0.29, 0.717) is 18.7 Å². The van der Waals surface area contributed by atoms with Gasteiger partial charge in [0.05, 0.1) is 24.4 Å². The minimum atomic E-state index is -0.423. The third-order valence-corrected chi connectivity index (χ3v) is 4.58. The molecule has 5 nitrogen and oxygen atoms in total. The van der Waals surface area contributed by atoms with E-state index in [1.54, 1.807) is 19.4 Å². The lowest BCUT2D eigenvalue weighted by Gasteiger charge is -2.08. The second-order valence-electron chi connectivity index (χ2n) is 6.26. The number of carbonyl (C=O) groups excluding carboxylic acids is 1. The number of fused-ring (bicyclic) bond motifs is 3. The van der Waals surface area contributed by atoms with Crippen molar-refractivity contribution >= 4 is 27.7 Å². The number of nitrogens with zero attached hydrogens (tertiary/aromatic N) is 2. The molecule has 4 aromatic rings. The zero-order valence-electron chi connectivity index (χ0n) is 14.5. The van der Waals surface area contributed by atoms with Crippen LogP contribution in [0.15, 0.2) is 60.8 Å². The van der Waals surface area contributed by atoms with E-state index in [1.807, 2.05) is 42.5 Å². The summed E-state index contributed by atoms with van der Waals surface area (Å²) < 4.78 is 7.45. The zero-order chi connectivity index (χ0) is 18.1. The van der Waals surface area contributed by atoms with Crippen molar-refractivity contribution < 1.29 is 9.53 Å². The fraction of sp³-hybridized carbons (Fsp3) is 0.143. The van der Waals surface area contributed by atoms with Gasteiger partial charge in [-0.2, -0.15) is 0 Å². The number of amides is 1. The van der Waals surface area contributed by atoms with Crippen LogP contribution >= 0.6 is 0 Å². The summed E-state index contributed by atoms with van der Waals surface area (Å²) in [4.78, 5) is 16.4. The van der Waals surface area contributed by atoms with Crippen LogP contribution in [0.4, 0.5) is 0 Å². The van der Waals surface area contributed by atoms with Crippen molar-refractivity contribution in [3.05, 3.63) is 77.6 Å². The van der Waals surface area contributed by atoms with Gasteiger partial charge < -0.3 is 15.0 Å². The number of hydrogen-bond acceptors (Lipinski definition) is 3. The minimum absolute atomic E-state index is 0.423. The van der Waals surface area contributed by atoms with Crippen molar-refractivity contribution in [1.82, 2.24) is 9.55 Å². The first-order chi connectivity index (χ1) is 12.7. The van der Waals surface area contributed by atoms with Crippen LogP contribution in [0.3, 0.4) is 0 Å².